The number of aliphatic hydroxyl groups excluding tert-OH is 1. The van der Waals surface area contributed by atoms with Gasteiger partial charge in [0, 0.05) is 18.4 Å². The van der Waals surface area contributed by atoms with E-state index in [1.807, 2.05) is 30.3 Å². The molecule has 2 rings (SSSR count). The first-order valence-electron chi connectivity index (χ1n) is 7.62. The van der Waals surface area contributed by atoms with Crippen LogP contribution in [0.5, 0.6) is 11.5 Å². The molecule has 0 radical (unpaired) electrons. The van der Waals surface area contributed by atoms with Crippen LogP contribution in [0.3, 0.4) is 0 Å². The standard InChI is InChI=1S/C15H18N2O3.C2HF3O2/c1-19-14-6-5-12-4-3-11(10-17-16)9-13(12)15(14)20-8-2-7-18;3-2(4,5)1(6)7/h3-6,9-10,18H,2,7-8,16H2,1H3;(H,6,7). The van der Waals surface area contributed by atoms with E-state index in [2.05, 4.69) is 5.10 Å². The van der Waals surface area contributed by atoms with Crippen molar-refractivity contribution in [2.75, 3.05) is 20.3 Å². The fourth-order valence-electron chi connectivity index (χ4n) is 2.00. The maximum atomic E-state index is 10.6. The van der Waals surface area contributed by atoms with Crippen molar-refractivity contribution in [1.29, 1.82) is 0 Å². The summed E-state index contributed by atoms with van der Waals surface area (Å²) in [6, 6.07) is 9.69. The number of alkyl halides is 3. The van der Waals surface area contributed by atoms with Crippen LogP contribution in [0.15, 0.2) is 35.4 Å². The van der Waals surface area contributed by atoms with Crippen LogP contribution in [0.4, 0.5) is 13.2 Å². The summed E-state index contributed by atoms with van der Waals surface area (Å²) in [6.07, 6.45) is -2.93. The van der Waals surface area contributed by atoms with E-state index in [4.69, 9.17) is 30.3 Å². The fraction of sp³-hybridized carbons (Fsp3) is 0.294. The minimum Gasteiger partial charge on any atom is -0.493 e. The number of hydrogen-bond donors (Lipinski definition) is 3. The van der Waals surface area contributed by atoms with E-state index in [9.17, 15) is 13.2 Å². The molecule has 0 amide bonds. The molecule has 2 aromatic carbocycles. The number of hydrazone groups is 1. The smallest absolute Gasteiger partial charge is 0.490 e. The number of fused-ring (bicyclic) bond motifs is 1. The molecular formula is C17H19F3N2O5. The summed E-state index contributed by atoms with van der Waals surface area (Å²) >= 11 is 0. The van der Waals surface area contributed by atoms with Crippen molar-refractivity contribution >= 4 is 23.0 Å². The predicted octanol–water partition coefficient (Wildman–Crippen LogP) is 2.54. The summed E-state index contributed by atoms with van der Waals surface area (Å²) in [4.78, 5) is 8.90. The summed E-state index contributed by atoms with van der Waals surface area (Å²) in [5, 5.41) is 21.5. The lowest BCUT2D eigenvalue weighted by atomic mass is 10.1. The third-order valence-corrected chi connectivity index (χ3v) is 3.19. The van der Waals surface area contributed by atoms with E-state index >= 15 is 0 Å². The monoisotopic (exact) mass is 388 g/mol. The molecule has 148 valence electrons. The second-order valence-electron chi connectivity index (χ2n) is 5.08. The lowest BCUT2D eigenvalue weighted by molar-refractivity contribution is -0.192. The third kappa shape index (κ3) is 6.66. The Bertz CT molecular complexity index is 794. The van der Waals surface area contributed by atoms with Crippen molar-refractivity contribution < 1.29 is 37.7 Å². The molecule has 0 aliphatic carbocycles. The van der Waals surface area contributed by atoms with Crippen LogP contribution in [0.1, 0.15) is 12.0 Å². The minimum absolute atomic E-state index is 0.0954. The summed E-state index contributed by atoms with van der Waals surface area (Å²) in [7, 11) is 1.60. The number of nitrogens with zero attached hydrogens (tertiary/aromatic N) is 1. The van der Waals surface area contributed by atoms with Gasteiger partial charge in [0.1, 0.15) is 0 Å². The number of carbonyl (C=O) groups is 1. The van der Waals surface area contributed by atoms with Crippen molar-refractivity contribution in [2.24, 2.45) is 10.9 Å². The number of nitrogens with two attached hydrogens (primary N) is 1. The number of carboxylic acid groups (broad SMARTS) is 1. The summed E-state index contributed by atoms with van der Waals surface area (Å²) in [6.45, 7) is 0.527. The van der Waals surface area contributed by atoms with Crippen LogP contribution in [0.25, 0.3) is 10.8 Å². The van der Waals surface area contributed by atoms with Crippen molar-refractivity contribution in [3.05, 3.63) is 35.9 Å². The first-order chi connectivity index (χ1) is 12.7. The SMILES string of the molecule is COc1ccc2ccc(C=NN)cc2c1OCCCO.O=C(O)C(F)(F)F. The Morgan fingerprint density at radius 1 is 1.30 bits per heavy atom. The lowest BCUT2D eigenvalue weighted by Crippen LogP contribution is -2.21. The molecule has 0 atom stereocenters. The maximum Gasteiger partial charge on any atom is 0.490 e. The predicted molar refractivity (Wildman–Crippen MR) is 93.2 cm³/mol. The number of benzene rings is 2. The molecule has 0 aromatic heterocycles. The van der Waals surface area contributed by atoms with E-state index in [1.54, 1.807) is 13.3 Å². The topological polar surface area (TPSA) is 114 Å². The number of rotatable bonds is 6. The van der Waals surface area contributed by atoms with Gasteiger partial charge in [0.25, 0.3) is 0 Å². The molecule has 0 heterocycles. The Balaban J connectivity index is 0.000000445. The zero-order chi connectivity index (χ0) is 20.4. The minimum atomic E-state index is -5.08. The number of ether oxygens (including phenoxy) is 2. The quantitative estimate of drug-likeness (QED) is 0.303. The Hall–Kier alpha value is -3.01. The highest BCUT2D eigenvalue weighted by Gasteiger charge is 2.38. The normalized spacial score (nSPS) is 11.1. The van der Waals surface area contributed by atoms with E-state index in [0.29, 0.717) is 24.5 Å². The molecule has 7 nitrogen and oxygen atoms in total. The van der Waals surface area contributed by atoms with Gasteiger partial charge >= 0.3 is 12.1 Å². The molecule has 0 fully saturated rings. The van der Waals surface area contributed by atoms with Gasteiger partial charge in [0.05, 0.1) is 19.9 Å². The number of halogens is 3. The fourth-order valence-corrected chi connectivity index (χ4v) is 2.00. The Labute approximate surface area is 152 Å². The van der Waals surface area contributed by atoms with Crippen LogP contribution in [0, 0.1) is 0 Å². The molecule has 4 N–H and O–H groups in total. The number of methoxy groups -OCH3 is 1. The molecule has 0 aliphatic rings. The van der Waals surface area contributed by atoms with Gasteiger partial charge in [-0.1, -0.05) is 18.2 Å². The van der Waals surface area contributed by atoms with Crippen LogP contribution in [-0.4, -0.2) is 48.9 Å². The molecule has 0 unspecified atom stereocenters. The van der Waals surface area contributed by atoms with Gasteiger partial charge < -0.3 is 25.5 Å². The van der Waals surface area contributed by atoms with Crippen LogP contribution < -0.4 is 15.3 Å². The van der Waals surface area contributed by atoms with Crippen molar-refractivity contribution in [3.63, 3.8) is 0 Å². The van der Waals surface area contributed by atoms with Crippen molar-refractivity contribution in [3.8, 4) is 11.5 Å². The van der Waals surface area contributed by atoms with Gasteiger partial charge in [0.2, 0.25) is 0 Å². The van der Waals surface area contributed by atoms with Gasteiger partial charge in [-0.2, -0.15) is 18.3 Å². The number of carboxylic acids is 1. The van der Waals surface area contributed by atoms with Crippen molar-refractivity contribution in [2.45, 2.75) is 12.6 Å². The maximum absolute atomic E-state index is 10.6. The van der Waals surface area contributed by atoms with Gasteiger partial charge in [-0.3, -0.25) is 0 Å². The summed E-state index contributed by atoms with van der Waals surface area (Å²) < 4.78 is 42.8. The van der Waals surface area contributed by atoms with Gasteiger partial charge in [-0.05, 0) is 23.1 Å². The highest BCUT2D eigenvalue weighted by atomic mass is 19.4. The zero-order valence-electron chi connectivity index (χ0n) is 14.4. The van der Waals surface area contributed by atoms with Crippen LogP contribution in [-0.2, 0) is 4.79 Å². The molecule has 0 aliphatic heterocycles. The van der Waals surface area contributed by atoms with Gasteiger partial charge in [0.15, 0.2) is 11.5 Å². The van der Waals surface area contributed by atoms with E-state index in [1.165, 1.54) is 0 Å². The van der Waals surface area contributed by atoms with Crippen LogP contribution >= 0.6 is 0 Å². The number of aliphatic carboxylic acids is 1. The van der Waals surface area contributed by atoms with Crippen LogP contribution in [0.2, 0.25) is 0 Å². The third-order valence-electron chi connectivity index (χ3n) is 3.19. The Morgan fingerprint density at radius 2 is 1.93 bits per heavy atom. The molecule has 2 aromatic rings. The molecule has 0 bridgehead atoms. The first-order valence-corrected chi connectivity index (χ1v) is 7.62. The Morgan fingerprint density at radius 3 is 2.44 bits per heavy atom. The molecule has 0 saturated carbocycles. The average Bonchev–Trinajstić information content (AvgIpc) is 2.62. The first kappa shape index (κ1) is 22.0. The van der Waals surface area contributed by atoms with Gasteiger partial charge in [-0.25, -0.2) is 4.79 Å². The molecule has 0 spiro atoms. The highest BCUT2D eigenvalue weighted by molar-refractivity contribution is 5.95. The van der Waals surface area contributed by atoms with E-state index in [0.717, 1.165) is 16.3 Å². The number of aliphatic hydroxyl groups is 1. The number of hydrogen-bond acceptors (Lipinski definition) is 6. The second-order valence-corrected chi connectivity index (χ2v) is 5.08. The second kappa shape index (κ2) is 10.2. The highest BCUT2D eigenvalue weighted by Crippen LogP contribution is 2.36. The lowest BCUT2D eigenvalue weighted by Gasteiger charge is -2.13. The van der Waals surface area contributed by atoms with E-state index < -0.39 is 12.1 Å². The largest absolute Gasteiger partial charge is 0.493 e. The van der Waals surface area contributed by atoms with E-state index in [-0.39, 0.29) is 6.61 Å². The molecular weight excluding hydrogens is 369 g/mol. The molecule has 0 saturated heterocycles. The van der Waals surface area contributed by atoms with Gasteiger partial charge in [-0.15, -0.1) is 0 Å². The molecule has 10 heteroatoms. The Kier molecular flexibility index (Phi) is 8.34. The summed E-state index contributed by atoms with van der Waals surface area (Å²) in [5.74, 6) is 3.76. The average molecular weight is 388 g/mol. The van der Waals surface area contributed by atoms with Crippen molar-refractivity contribution in [1.82, 2.24) is 0 Å². The zero-order valence-corrected chi connectivity index (χ0v) is 14.4. The molecule has 27 heavy (non-hydrogen) atoms. The summed E-state index contributed by atoms with van der Waals surface area (Å²) in [5.41, 5.74) is 0.889.